The Morgan fingerprint density at radius 1 is 1.33 bits per heavy atom. The van der Waals surface area contributed by atoms with Crippen LogP contribution in [0, 0.1) is 0 Å². The van der Waals surface area contributed by atoms with Gasteiger partial charge in [-0.3, -0.25) is 4.79 Å². The minimum absolute atomic E-state index is 0.0414. The topological polar surface area (TPSA) is 53.4 Å². The lowest BCUT2D eigenvalue weighted by molar-refractivity contribution is -0.00203. The Morgan fingerprint density at radius 3 is 2.43 bits per heavy atom. The molecule has 0 atom stereocenters. The van der Waals surface area contributed by atoms with Crippen molar-refractivity contribution in [3.63, 3.8) is 0 Å². The molecule has 21 heavy (non-hydrogen) atoms. The predicted octanol–water partition coefficient (Wildman–Crippen LogP) is 3.02. The molecule has 1 fully saturated rings. The summed E-state index contributed by atoms with van der Waals surface area (Å²) in [6.45, 7) is 9.07. The average molecular weight is 311 g/mol. The van der Waals surface area contributed by atoms with Gasteiger partial charge in [0.15, 0.2) is 0 Å². The second-order valence-corrected chi connectivity index (χ2v) is 7.49. The molecule has 2 rings (SSSR count). The molecule has 0 radical (unpaired) electrons. The molecule has 116 valence electrons. The molecule has 1 amide bonds. The van der Waals surface area contributed by atoms with E-state index in [1.54, 1.807) is 11.0 Å². The van der Waals surface area contributed by atoms with Crippen LogP contribution in [0.15, 0.2) is 12.1 Å². The standard InChI is InChI=1S/C16H23ClN2O2/c1-15(2,3)12-9-11(10-13(17)18-12)14(20)19-7-5-16(4,21)6-8-19/h9-10,21H,5-8H2,1-4H3. The Balaban J connectivity index is 2.22. The van der Waals surface area contributed by atoms with Gasteiger partial charge in [-0.15, -0.1) is 0 Å². The SMILES string of the molecule is CC1(O)CCN(C(=O)c2cc(Cl)nc(C(C)(C)C)c2)CC1. The number of hydrogen-bond acceptors (Lipinski definition) is 3. The first kappa shape index (κ1) is 16.2. The number of aromatic nitrogens is 1. The van der Waals surface area contributed by atoms with Gasteiger partial charge in [0.25, 0.3) is 5.91 Å². The largest absolute Gasteiger partial charge is 0.390 e. The zero-order chi connectivity index (χ0) is 15.8. The van der Waals surface area contributed by atoms with E-state index in [-0.39, 0.29) is 11.3 Å². The smallest absolute Gasteiger partial charge is 0.254 e. The van der Waals surface area contributed by atoms with E-state index < -0.39 is 5.60 Å². The van der Waals surface area contributed by atoms with Crippen LogP contribution in [0.1, 0.15) is 56.6 Å². The van der Waals surface area contributed by atoms with Crippen molar-refractivity contribution in [3.05, 3.63) is 28.5 Å². The molecule has 0 aromatic carbocycles. The highest BCUT2D eigenvalue weighted by atomic mass is 35.5. The van der Waals surface area contributed by atoms with Crippen molar-refractivity contribution >= 4 is 17.5 Å². The monoisotopic (exact) mass is 310 g/mol. The van der Waals surface area contributed by atoms with Crippen LogP contribution >= 0.6 is 11.6 Å². The van der Waals surface area contributed by atoms with E-state index in [0.29, 0.717) is 36.6 Å². The third-order valence-electron chi connectivity index (χ3n) is 3.94. The average Bonchev–Trinajstić information content (AvgIpc) is 2.36. The molecule has 0 spiro atoms. The highest BCUT2D eigenvalue weighted by molar-refractivity contribution is 6.29. The number of carbonyl (C=O) groups is 1. The first-order valence-electron chi connectivity index (χ1n) is 7.28. The highest BCUT2D eigenvalue weighted by Crippen LogP contribution is 2.26. The first-order chi connectivity index (χ1) is 9.58. The van der Waals surface area contributed by atoms with Crippen LogP contribution in [0.3, 0.4) is 0 Å². The van der Waals surface area contributed by atoms with Crippen molar-refractivity contribution in [2.45, 2.75) is 51.6 Å². The minimum Gasteiger partial charge on any atom is -0.390 e. The van der Waals surface area contributed by atoms with E-state index in [0.717, 1.165) is 5.69 Å². The number of nitrogens with zero attached hydrogens (tertiary/aromatic N) is 2. The van der Waals surface area contributed by atoms with Gasteiger partial charge in [-0.1, -0.05) is 32.4 Å². The van der Waals surface area contributed by atoms with Gasteiger partial charge in [0.1, 0.15) is 5.15 Å². The van der Waals surface area contributed by atoms with Gasteiger partial charge < -0.3 is 10.0 Å². The number of rotatable bonds is 1. The van der Waals surface area contributed by atoms with Gasteiger partial charge in [0.2, 0.25) is 0 Å². The second kappa shape index (κ2) is 5.58. The van der Waals surface area contributed by atoms with Crippen molar-refractivity contribution in [2.24, 2.45) is 0 Å². The Kier molecular flexibility index (Phi) is 4.31. The number of likely N-dealkylation sites (tertiary alicyclic amines) is 1. The summed E-state index contributed by atoms with van der Waals surface area (Å²) in [5.41, 5.74) is 0.554. The molecule has 4 nitrogen and oxygen atoms in total. The predicted molar refractivity (Wildman–Crippen MR) is 83.7 cm³/mol. The molecule has 1 aromatic heterocycles. The minimum atomic E-state index is -0.663. The van der Waals surface area contributed by atoms with Crippen LogP contribution in [0.4, 0.5) is 0 Å². The fourth-order valence-electron chi connectivity index (χ4n) is 2.38. The molecule has 1 saturated heterocycles. The van der Waals surface area contributed by atoms with Crippen molar-refractivity contribution in [1.29, 1.82) is 0 Å². The molecule has 2 heterocycles. The van der Waals surface area contributed by atoms with Crippen molar-refractivity contribution in [2.75, 3.05) is 13.1 Å². The maximum absolute atomic E-state index is 12.6. The Bertz CT molecular complexity index is 540. The zero-order valence-electron chi connectivity index (χ0n) is 13.1. The lowest BCUT2D eigenvalue weighted by atomic mass is 9.90. The molecule has 0 bridgehead atoms. The first-order valence-corrected chi connectivity index (χ1v) is 7.66. The summed E-state index contributed by atoms with van der Waals surface area (Å²) in [4.78, 5) is 18.7. The Morgan fingerprint density at radius 2 is 1.90 bits per heavy atom. The van der Waals surface area contributed by atoms with Crippen LogP contribution in [0.5, 0.6) is 0 Å². The number of halogens is 1. The molecule has 0 saturated carbocycles. The van der Waals surface area contributed by atoms with E-state index in [1.807, 2.05) is 33.8 Å². The second-order valence-electron chi connectivity index (χ2n) is 7.10. The van der Waals surface area contributed by atoms with E-state index in [1.165, 1.54) is 0 Å². The number of aliphatic hydroxyl groups is 1. The fourth-order valence-corrected chi connectivity index (χ4v) is 2.59. The molecule has 1 aromatic rings. The molecule has 1 N–H and O–H groups in total. The number of hydrogen-bond donors (Lipinski definition) is 1. The van der Waals surface area contributed by atoms with Crippen molar-refractivity contribution in [3.8, 4) is 0 Å². The van der Waals surface area contributed by atoms with Gasteiger partial charge in [0.05, 0.1) is 5.60 Å². The van der Waals surface area contributed by atoms with E-state index in [4.69, 9.17) is 11.6 Å². The summed E-state index contributed by atoms with van der Waals surface area (Å²) >= 11 is 6.06. The normalized spacial score (nSPS) is 18.7. The lowest BCUT2D eigenvalue weighted by Gasteiger charge is -2.36. The Labute approximate surface area is 131 Å². The number of amides is 1. The Hall–Kier alpha value is -1.13. The molecular formula is C16H23ClN2O2. The lowest BCUT2D eigenvalue weighted by Crippen LogP contribution is -2.45. The number of piperidine rings is 1. The molecule has 5 heteroatoms. The maximum Gasteiger partial charge on any atom is 0.254 e. The summed E-state index contributed by atoms with van der Waals surface area (Å²) in [5, 5.41) is 10.3. The molecule has 1 aliphatic heterocycles. The number of pyridine rings is 1. The van der Waals surface area contributed by atoms with E-state index in [2.05, 4.69) is 4.98 Å². The van der Waals surface area contributed by atoms with Gasteiger partial charge in [-0.05, 0) is 31.9 Å². The van der Waals surface area contributed by atoms with E-state index >= 15 is 0 Å². The van der Waals surface area contributed by atoms with Crippen LogP contribution in [-0.4, -0.2) is 39.6 Å². The summed E-state index contributed by atoms with van der Waals surface area (Å²) in [6.07, 6.45) is 1.20. The van der Waals surface area contributed by atoms with Crippen molar-refractivity contribution in [1.82, 2.24) is 9.88 Å². The van der Waals surface area contributed by atoms with Gasteiger partial charge in [-0.25, -0.2) is 4.98 Å². The van der Waals surface area contributed by atoms with Gasteiger partial charge >= 0.3 is 0 Å². The van der Waals surface area contributed by atoms with Crippen LogP contribution in [0.25, 0.3) is 0 Å². The number of carbonyl (C=O) groups excluding carboxylic acids is 1. The molecular weight excluding hydrogens is 288 g/mol. The van der Waals surface area contributed by atoms with Crippen molar-refractivity contribution < 1.29 is 9.90 Å². The molecule has 0 aliphatic carbocycles. The molecule has 0 unspecified atom stereocenters. The van der Waals surface area contributed by atoms with E-state index in [9.17, 15) is 9.90 Å². The quantitative estimate of drug-likeness (QED) is 0.811. The summed E-state index contributed by atoms with van der Waals surface area (Å²) in [6, 6.07) is 3.44. The third-order valence-corrected chi connectivity index (χ3v) is 4.13. The van der Waals surface area contributed by atoms with Gasteiger partial charge in [-0.2, -0.15) is 0 Å². The third kappa shape index (κ3) is 3.95. The zero-order valence-corrected chi connectivity index (χ0v) is 13.9. The fraction of sp³-hybridized carbons (Fsp3) is 0.625. The summed E-state index contributed by atoms with van der Waals surface area (Å²) in [5.74, 6) is -0.0414. The van der Waals surface area contributed by atoms with Crippen LogP contribution in [-0.2, 0) is 5.41 Å². The van der Waals surface area contributed by atoms with Gasteiger partial charge in [0, 0.05) is 29.8 Å². The van der Waals surface area contributed by atoms with Crippen LogP contribution in [0.2, 0.25) is 5.15 Å². The highest BCUT2D eigenvalue weighted by Gasteiger charge is 2.30. The summed E-state index contributed by atoms with van der Waals surface area (Å²) < 4.78 is 0. The van der Waals surface area contributed by atoms with Crippen LogP contribution < -0.4 is 0 Å². The summed E-state index contributed by atoms with van der Waals surface area (Å²) in [7, 11) is 0. The maximum atomic E-state index is 12.6. The molecule has 1 aliphatic rings.